The van der Waals surface area contributed by atoms with Crippen LogP contribution in [0.25, 0.3) is 0 Å². The summed E-state index contributed by atoms with van der Waals surface area (Å²) in [5.41, 5.74) is 1.19. The van der Waals surface area contributed by atoms with Crippen molar-refractivity contribution in [3.63, 3.8) is 0 Å². The third-order valence-electron chi connectivity index (χ3n) is 3.92. The number of nitrogens with zero attached hydrogens (tertiary/aromatic N) is 1. The number of hydrogen-bond donors (Lipinski definition) is 0. The van der Waals surface area contributed by atoms with Gasteiger partial charge in [0, 0.05) is 19.7 Å². The number of amides is 1. The number of likely N-dealkylation sites (N-methyl/N-ethyl adjacent to an activating group) is 1. The van der Waals surface area contributed by atoms with Gasteiger partial charge in [-0.15, -0.1) is 0 Å². The average molecular weight is 373 g/mol. The predicted molar refractivity (Wildman–Crippen MR) is 99.3 cm³/mol. The van der Waals surface area contributed by atoms with Crippen molar-refractivity contribution in [1.82, 2.24) is 4.90 Å². The van der Waals surface area contributed by atoms with Crippen molar-refractivity contribution in [2.45, 2.75) is 6.54 Å². The van der Waals surface area contributed by atoms with E-state index in [0.29, 0.717) is 18.0 Å². The summed E-state index contributed by atoms with van der Waals surface area (Å²) in [6.45, 7) is 0.0401. The molecule has 27 heavy (non-hydrogen) atoms. The van der Waals surface area contributed by atoms with E-state index in [1.54, 1.807) is 20.2 Å². The summed E-state index contributed by atoms with van der Waals surface area (Å²) in [5.74, 6) is 0.733. The SMILES string of the molecule is COc1ccc(CN(C)C(=O)COC(=O)c2cc(OC)cc(OC)c2)cc1. The van der Waals surface area contributed by atoms with Crippen molar-refractivity contribution < 1.29 is 28.5 Å². The second-order valence-corrected chi connectivity index (χ2v) is 5.78. The molecule has 0 saturated heterocycles. The lowest BCUT2D eigenvalue weighted by molar-refractivity contribution is -0.133. The van der Waals surface area contributed by atoms with Gasteiger partial charge in [0.05, 0.1) is 26.9 Å². The topological polar surface area (TPSA) is 74.3 Å². The maximum atomic E-state index is 12.2. The minimum absolute atomic E-state index is 0.247. The number of carbonyl (C=O) groups excluding carboxylic acids is 2. The molecule has 1 amide bonds. The van der Waals surface area contributed by atoms with Gasteiger partial charge in [0.2, 0.25) is 0 Å². The molecule has 0 bridgehead atoms. The molecule has 144 valence electrons. The standard InChI is InChI=1S/C20H23NO6/c1-21(12-14-5-7-16(24-2)8-6-14)19(22)13-27-20(23)15-9-17(25-3)11-18(10-15)26-4/h5-11H,12-13H2,1-4H3. The Morgan fingerprint density at radius 3 is 1.93 bits per heavy atom. The van der Waals surface area contributed by atoms with Gasteiger partial charge in [0.1, 0.15) is 17.2 Å². The molecule has 0 N–H and O–H groups in total. The molecular formula is C20H23NO6. The molecule has 0 heterocycles. The summed E-state index contributed by atoms with van der Waals surface area (Å²) in [6.07, 6.45) is 0. The van der Waals surface area contributed by atoms with Crippen LogP contribution >= 0.6 is 0 Å². The van der Waals surface area contributed by atoms with Gasteiger partial charge < -0.3 is 23.8 Å². The van der Waals surface area contributed by atoms with Crippen LogP contribution in [0.1, 0.15) is 15.9 Å². The highest BCUT2D eigenvalue weighted by Gasteiger charge is 2.15. The van der Waals surface area contributed by atoms with Gasteiger partial charge in [-0.3, -0.25) is 4.79 Å². The van der Waals surface area contributed by atoms with E-state index in [9.17, 15) is 9.59 Å². The molecule has 0 spiro atoms. The van der Waals surface area contributed by atoms with Crippen LogP contribution in [0.5, 0.6) is 17.2 Å². The van der Waals surface area contributed by atoms with Crippen LogP contribution < -0.4 is 14.2 Å². The third kappa shape index (κ3) is 5.64. The number of methoxy groups -OCH3 is 3. The average Bonchev–Trinajstić information content (AvgIpc) is 2.71. The van der Waals surface area contributed by atoms with E-state index in [0.717, 1.165) is 11.3 Å². The molecule has 0 unspecified atom stereocenters. The Bertz CT molecular complexity index is 765. The van der Waals surface area contributed by atoms with Crippen molar-refractivity contribution in [1.29, 1.82) is 0 Å². The first kappa shape index (κ1) is 20.1. The minimum Gasteiger partial charge on any atom is -0.497 e. The Hall–Kier alpha value is -3.22. The van der Waals surface area contributed by atoms with Crippen molar-refractivity contribution in [2.75, 3.05) is 35.0 Å². The first-order valence-corrected chi connectivity index (χ1v) is 8.24. The van der Waals surface area contributed by atoms with E-state index in [-0.39, 0.29) is 18.1 Å². The first-order chi connectivity index (χ1) is 13.0. The lowest BCUT2D eigenvalue weighted by Crippen LogP contribution is -2.30. The molecular weight excluding hydrogens is 350 g/mol. The molecule has 0 fully saturated rings. The first-order valence-electron chi connectivity index (χ1n) is 8.24. The van der Waals surface area contributed by atoms with Gasteiger partial charge >= 0.3 is 5.97 Å². The zero-order valence-electron chi connectivity index (χ0n) is 15.9. The minimum atomic E-state index is -0.626. The van der Waals surface area contributed by atoms with Crippen LogP contribution in [0.2, 0.25) is 0 Å². The number of esters is 1. The van der Waals surface area contributed by atoms with Crippen LogP contribution in [-0.2, 0) is 16.1 Å². The molecule has 0 saturated carbocycles. The zero-order valence-corrected chi connectivity index (χ0v) is 15.9. The van der Waals surface area contributed by atoms with Gasteiger partial charge in [0.15, 0.2) is 6.61 Å². The second-order valence-electron chi connectivity index (χ2n) is 5.78. The van der Waals surface area contributed by atoms with Gasteiger partial charge in [-0.1, -0.05) is 12.1 Å². The molecule has 2 rings (SSSR count). The molecule has 2 aromatic rings. The van der Waals surface area contributed by atoms with Crippen LogP contribution in [-0.4, -0.2) is 51.8 Å². The van der Waals surface area contributed by atoms with Gasteiger partial charge in [-0.25, -0.2) is 4.79 Å². The summed E-state index contributed by atoms with van der Waals surface area (Å²) in [4.78, 5) is 25.9. The molecule has 0 aliphatic rings. The summed E-state index contributed by atoms with van der Waals surface area (Å²) < 4.78 is 20.5. The third-order valence-corrected chi connectivity index (χ3v) is 3.92. The van der Waals surface area contributed by atoms with Gasteiger partial charge in [-0.2, -0.15) is 0 Å². The smallest absolute Gasteiger partial charge is 0.338 e. The predicted octanol–water partition coefficient (Wildman–Crippen LogP) is 2.53. The van der Waals surface area contributed by atoms with Crippen LogP contribution in [0.4, 0.5) is 0 Å². The molecule has 0 atom stereocenters. The highest BCUT2D eigenvalue weighted by molar-refractivity contribution is 5.92. The quantitative estimate of drug-likeness (QED) is 0.662. The van der Waals surface area contributed by atoms with Gasteiger partial charge in [0.25, 0.3) is 5.91 Å². The van der Waals surface area contributed by atoms with Crippen LogP contribution in [0.3, 0.4) is 0 Å². The monoisotopic (exact) mass is 373 g/mol. The molecule has 0 aromatic heterocycles. The lowest BCUT2D eigenvalue weighted by atomic mass is 10.2. The maximum absolute atomic E-state index is 12.2. The summed E-state index contributed by atoms with van der Waals surface area (Å²) >= 11 is 0. The largest absolute Gasteiger partial charge is 0.497 e. The Labute approximate surface area is 158 Å². The zero-order chi connectivity index (χ0) is 19.8. The lowest BCUT2D eigenvalue weighted by Gasteiger charge is -2.17. The Balaban J connectivity index is 1.92. The van der Waals surface area contributed by atoms with Crippen molar-refractivity contribution >= 4 is 11.9 Å². The van der Waals surface area contributed by atoms with E-state index in [2.05, 4.69) is 0 Å². The molecule has 0 radical (unpaired) electrons. The number of carbonyl (C=O) groups is 2. The summed E-state index contributed by atoms with van der Waals surface area (Å²) in [5, 5.41) is 0. The number of hydrogen-bond acceptors (Lipinski definition) is 6. The fraction of sp³-hybridized carbons (Fsp3) is 0.300. The van der Waals surface area contributed by atoms with E-state index >= 15 is 0 Å². The van der Waals surface area contributed by atoms with E-state index in [1.807, 2.05) is 24.3 Å². The number of ether oxygens (including phenoxy) is 4. The fourth-order valence-corrected chi connectivity index (χ4v) is 2.34. The van der Waals surface area contributed by atoms with Crippen molar-refractivity contribution in [3.05, 3.63) is 53.6 Å². The normalized spacial score (nSPS) is 10.1. The fourth-order valence-electron chi connectivity index (χ4n) is 2.34. The van der Waals surface area contributed by atoms with Crippen molar-refractivity contribution in [3.8, 4) is 17.2 Å². The van der Waals surface area contributed by atoms with E-state index in [1.165, 1.54) is 31.3 Å². The molecule has 7 heteroatoms. The second kappa shape index (κ2) is 9.47. The van der Waals surface area contributed by atoms with E-state index < -0.39 is 5.97 Å². The highest BCUT2D eigenvalue weighted by atomic mass is 16.5. The van der Waals surface area contributed by atoms with Crippen LogP contribution in [0, 0.1) is 0 Å². The maximum Gasteiger partial charge on any atom is 0.338 e. The highest BCUT2D eigenvalue weighted by Crippen LogP contribution is 2.23. The number of benzene rings is 2. The van der Waals surface area contributed by atoms with Gasteiger partial charge in [-0.05, 0) is 29.8 Å². The Kier molecular flexibility index (Phi) is 7.05. The van der Waals surface area contributed by atoms with E-state index in [4.69, 9.17) is 18.9 Å². The molecule has 0 aliphatic carbocycles. The van der Waals surface area contributed by atoms with Crippen LogP contribution in [0.15, 0.2) is 42.5 Å². The molecule has 7 nitrogen and oxygen atoms in total. The Morgan fingerprint density at radius 1 is 0.852 bits per heavy atom. The molecule has 2 aromatic carbocycles. The number of rotatable bonds is 8. The van der Waals surface area contributed by atoms with Crippen molar-refractivity contribution in [2.24, 2.45) is 0 Å². The summed E-state index contributed by atoms with van der Waals surface area (Å²) in [7, 11) is 6.22. The molecule has 0 aliphatic heterocycles. The Morgan fingerprint density at radius 2 is 1.41 bits per heavy atom. The summed E-state index contributed by atoms with van der Waals surface area (Å²) in [6, 6.07) is 12.1.